The van der Waals surface area contributed by atoms with E-state index >= 15 is 0 Å². The van der Waals surface area contributed by atoms with Crippen LogP contribution in [0.15, 0.2) is 89.5 Å². The van der Waals surface area contributed by atoms with Crippen molar-refractivity contribution in [2.75, 3.05) is 10.7 Å². The third-order valence-corrected chi connectivity index (χ3v) is 7.47. The molecule has 1 N–H and O–H groups in total. The number of para-hydroxylation sites is 1. The van der Waals surface area contributed by atoms with E-state index < -0.39 is 11.8 Å². The minimum atomic E-state index is -0.529. The first-order valence-electron chi connectivity index (χ1n) is 11.0. The molecule has 0 aliphatic carbocycles. The first kappa shape index (κ1) is 24.6. The van der Waals surface area contributed by atoms with Crippen LogP contribution in [0.2, 0.25) is 10.0 Å². The van der Waals surface area contributed by atoms with Crippen LogP contribution in [0.1, 0.15) is 5.56 Å². The van der Waals surface area contributed by atoms with Gasteiger partial charge in [0, 0.05) is 49.9 Å². The van der Waals surface area contributed by atoms with Gasteiger partial charge in [-0.05, 0) is 66.8 Å². The molecule has 1 fully saturated rings. The van der Waals surface area contributed by atoms with E-state index in [1.165, 1.54) is 4.90 Å². The third kappa shape index (κ3) is 5.06. The number of halogens is 2. The molecule has 0 unspecified atom stereocenters. The lowest BCUT2D eigenvalue weighted by molar-refractivity contribution is -0.122. The summed E-state index contributed by atoms with van der Waals surface area (Å²) in [7, 11) is 0. The van der Waals surface area contributed by atoms with Crippen LogP contribution in [0.25, 0.3) is 17.0 Å². The van der Waals surface area contributed by atoms with E-state index in [1.54, 1.807) is 42.1 Å². The maximum atomic E-state index is 13.4. The number of nitrogens with one attached hydrogen (secondary N) is 1. The molecule has 0 saturated carbocycles. The minimum absolute atomic E-state index is 0.00187. The average molecular weight is 553 g/mol. The van der Waals surface area contributed by atoms with Gasteiger partial charge in [0.1, 0.15) is 5.57 Å². The van der Waals surface area contributed by atoms with Gasteiger partial charge in [0.05, 0.1) is 5.69 Å². The number of carbonyl (C=O) groups is 2. The molecule has 0 bridgehead atoms. The fourth-order valence-electron chi connectivity index (χ4n) is 4.03. The minimum Gasteiger partial charge on any atom is -0.346 e. The summed E-state index contributed by atoms with van der Waals surface area (Å²) in [5, 5.41) is 4.77. The molecule has 9 heteroatoms. The van der Waals surface area contributed by atoms with Crippen molar-refractivity contribution in [2.24, 2.45) is 0 Å². The van der Waals surface area contributed by atoms with Gasteiger partial charge in [0.15, 0.2) is 5.11 Å². The van der Waals surface area contributed by atoms with Crippen LogP contribution in [0.5, 0.6) is 0 Å². The predicted molar refractivity (Wildman–Crippen MR) is 152 cm³/mol. The second-order valence-corrected chi connectivity index (χ2v) is 10.5. The van der Waals surface area contributed by atoms with E-state index in [4.69, 9.17) is 35.4 Å². The average Bonchev–Trinajstić information content (AvgIpc) is 3.20. The summed E-state index contributed by atoms with van der Waals surface area (Å²) in [6.45, 7) is 0.746. The molecule has 3 aromatic carbocycles. The fourth-order valence-corrected chi connectivity index (χ4v) is 5.47. The lowest BCUT2D eigenvalue weighted by atomic mass is 10.1. The summed E-state index contributed by atoms with van der Waals surface area (Å²) in [5.74, 6) is -0.188. The topological polar surface area (TPSA) is 54.3 Å². The van der Waals surface area contributed by atoms with Gasteiger partial charge in [-0.2, -0.15) is 0 Å². The Morgan fingerprint density at radius 2 is 1.72 bits per heavy atom. The number of aromatic nitrogens is 1. The SMILES string of the molecule is O=C1NC(=S)N(c2cccc(Cl)c2)C(=O)/C1=C/c1cn(CCSc2ccc(Cl)cc2)c2ccccc12. The standard InChI is InChI=1S/C27H19Cl2N3O2S2/c28-18-8-10-21(11-9-18)36-13-12-31-16-17(22-6-1-2-7-24(22)31)14-23-25(33)30-27(35)32(26(23)34)20-5-3-4-19(29)15-20/h1-11,14-16H,12-13H2,(H,30,33,35)/b23-14+. The van der Waals surface area contributed by atoms with Crippen molar-refractivity contribution >= 4 is 86.8 Å². The summed E-state index contributed by atoms with van der Waals surface area (Å²) in [6, 6.07) is 22.5. The van der Waals surface area contributed by atoms with Crippen molar-refractivity contribution in [3.8, 4) is 0 Å². The number of amides is 2. The van der Waals surface area contributed by atoms with Crippen molar-refractivity contribution in [3.63, 3.8) is 0 Å². The summed E-state index contributed by atoms with van der Waals surface area (Å²) in [4.78, 5) is 28.6. The van der Waals surface area contributed by atoms with Crippen LogP contribution in [0.3, 0.4) is 0 Å². The monoisotopic (exact) mass is 551 g/mol. The quantitative estimate of drug-likeness (QED) is 0.127. The Morgan fingerprint density at radius 3 is 2.50 bits per heavy atom. The molecule has 0 radical (unpaired) electrons. The maximum Gasteiger partial charge on any atom is 0.270 e. The van der Waals surface area contributed by atoms with E-state index in [0.29, 0.717) is 15.7 Å². The van der Waals surface area contributed by atoms with Crippen LogP contribution >= 0.6 is 47.2 Å². The largest absolute Gasteiger partial charge is 0.346 e. The number of hydrogen-bond acceptors (Lipinski definition) is 4. The maximum absolute atomic E-state index is 13.4. The lowest BCUT2D eigenvalue weighted by Crippen LogP contribution is -2.54. The number of thioether (sulfide) groups is 1. The Balaban J connectivity index is 1.45. The number of aryl methyl sites for hydroxylation is 1. The highest BCUT2D eigenvalue weighted by Crippen LogP contribution is 2.28. The molecule has 2 heterocycles. The highest BCUT2D eigenvalue weighted by molar-refractivity contribution is 7.99. The number of fused-ring (bicyclic) bond motifs is 1. The van der Waals surface area contributed by atoms with E-state index in [9.17, 15) is 9.59 Å². The lowest BCUT2D eigenvalue weighted by Gasteiger charge is -2.29. The number of nitrogens with zero attached hydrogens (tertiary/aromatic N) is 2. The van der Waals surface area contributed by atoms with Gasteiger partial charge >= 0.3 is 0 Å². The number of hydrogen-bond donors (Lipinski definition) is 1. The van der Waals surface area contributed by atoms with Gasteiger partial charge in [-0.15, -0.1) is 11.8 Å². The Kier molecular flexibility index (Phi) is 7.16. The first-order valence-corrected chi connectivity index (χ1v) is 13.2. The number of thiocarbonyl (C=S) groups is 1. The van der Waals surface area contributed by atoms with Gasteiger partial charge in [-0.1, -0.05) is 47.5 Å². The second-order valence-electron chi connectivity index (χ2n) is 8.04. The van der Waals surface area contributed by atoms with E-state index in [-0.39, 0.29) is 10.7 Å². The Hall–Kier alpha value is -3.10. The van der Waals surface area contributed by atoms with E-state index in [0.717, 1.165) is 33.7 Å². The van der Waals surface area contributed by atoms with Crippen LogP contribution < -0.4 is 10.2 Å². The molecule has 2 amide bonds. The first-order chi connectivity index (χ1) is 17.4. The highest BCUT2D eigenvalue weighted by Gasteiger charge is 2.34. The molecule has 0 atom stereocenters. The van der Waals surface area contributed by atoms with E-state index in [1.807, 2.05) is 54.7 Å². The molecule has 36 heavy (non-hydrogen) atoms. The molecular formula is C27H19Cl2N3O2S2. The van der Waals surface area contributed by atoms with Gasteiger partial charge in [-0.3, -0.25) is 19.8 Å². The molecule has 180 valence electrons. The van der Waals surface area contributed by atoms with Crippen LogP contribution in [-0.4, -0.2) is 27.2 Å². The number of carbonyl (C=O) groups excluding carboxylic acids is 2. The molecule has 1 saturated heterocycles. The Morgan fingerprint density at radius 1 is 0.944 bits per heavy atom. The van der Waals surface area contributed by atoms with Crippen molar-refractivity contribution in [3.05, 3.63) is 100 Å². The van der Waals surface area contributed by atoms with E-state index in [2.05, 4.69) is 9.88 Å². The molecule has 5 rings (SSSR count). The number of rotatable bonds is 6. The van der Waals surface area contributed by atoms with Gasteiger partial charge in [0.2, 0.25) is 0 Å². The molecule has 1 aliphatic rings. The van der Waals surface area contributed by atoms with Gasteiger partial charge in [0.25, 0.3) is 11.8 Å². The smallest absolute Gasteiger partial charge is 0.270 e. The van der Waals surface area contributed by atoms with Crippen molar-refractivity contribution < 1.29 is 9.59 Å². The zero-order chi connectivity index (χ0) is 25.2. The molecule has 5 nitrogen and oxygen atoms in total. The molecular weight excluding hydrogens is 533 g/mol. The van der Waals surface area contributed by atoms with Gasteiger partial charge in [-0.25, -0.2) is 0 Å². The third-order valence-electron chi connectivity index (χ3n) is 5.70. The Bertz CT molecular complexity index is 1530. The number of anilines is 1. The highest BCUT2D eigenvalue weighted by atomic mass is 35.5. The normalized spacial score (nSPS) is 15.1. The summed E-state index contributed by atoms with van der Waals surface area (Å²) >= 11 is 19.1. The van der Waals surface area contributed by atoms with Crippen LogP contribution in [0.4, 0.5) is 5.69 Å². The Labute approximate surface area is 227 Å². The molecule has 1 aliphatic heterocycles. The zero-order valence-corrected chi connectivity index (χ0v) is 21.9. The molecule has 0 spiro atoms. The summed E-state index contributed by atoms with van der Waals surface area (Å²) < 4.78 is 2.13. The zero-order valence-electron chi connectivity index (χ0n) is 18.8. The van der Waals surface area contributed by atoms with Crippen molar-refractivity contribution in [2.45, 2.75) is 11.4 Å². The van der Waals surface area contributed by atoms with Crippen molar-refractivity contribution in [1.82, 2.24) is 9.88 Å². The molecule has 4 aromatic rings. The number of benzene rings is 3. The summed E-state index contributed by atoms with van der Waals surface area (Å²) in [5.41, 5.74) is 2.29. The van der Waals surface area contributed by atoms with Crippen LogP contribution in [0, 0.1) is 0 Å². The van der Waals surface area contributed by atoms with Crippen LogP contribution in [-0.2, 0) is 16.1 Å². The molecule has 1 aromatic heterocycles. The summed E-state index contributed by atoms with van der Waals surface area (Å²) in [6.07, 6.45) is 3.60. The fraction of sp³-hybridized carbons (Fsp3) is 0.0741. The van der Waals surface area contributed by atoms with Gasteiger partial charge < -0.3 is 4.57 Å². The van der Waals surface area contributed by atoms with Crippen molar-refractivity contribution in [1.29, 1.82) is 0 Å². The second kappa shape index (κ2) is 10.5. The predicted octanol–water partition coefficient (Wildman–Crippen LogP) is 6.57.